The summed E-state index contributed by atoms with van der Waals surface area (Å²) >= 11 is 0. The predicted octanol–water partition coefficient (Wildman–Crippen LogP) is 4.25. The van der Waals surface area contributed by atoms with Gasteiger partial charge in [-0.3, -0.25) is 9.59 Å². The van der Waals surface area contributed by atoms with Crippen molar-refractivity contribution in [2.24, 2.45) is 0 Å². The molecule has 1 fully saturated rings. The number of carbonyl (C=O) groups is 3. The van der Waals surface area contributed by atoms with Crippen LogP contribution in [0.15, 0.2) is 42.6 Å². The average Bonchev–Trinajstić information content (AvgIpc) is 2.96. The second-order valence-corrected chi connectivity index (χ2v) is 9.40. The Bertz CT molecular complexity index is 1090. The second kappa shape index (κ2) is 15.1. The summed E-state index contributed by atoms with van der Waals surface area (Å²) < 4.78 is 28.7. The summed E-state index contributed by atoms with van der Waals surface area (Å²) in [5, 5.41) is 2.70. The molecule has 1 saturated heterocycles. The molecule has 3 rings (SSSR count). The summed E-state index contributed by atoms with van der Waals surface area (Å²) in [5.74, 6) is -1.17. The van der Waals surface area contributed by atoms with Gasteiger partial charge in [0, 0.05) is 25.8 Å². The average molecular weight is 543 g/mol. The molecular formula is C29H38N2O8. The van der Waals surface area contributed by atoms with E-state index in [9.17, 15) is 14.4 Å². The van der Waals surface area contributed by atoms with Crippen LogP contribution in [0.1, 0.15) is 69.8 Å². The van der Waals surface area contributed by atoms with E-state index in [4.69, 9.17) is 23.7 Å². The van der Waals surface area contributed by atoms with Gasteiger partial charge < -0.3 is 29.0 Å². The van der Waals surface area contributed by atoms with Crippen molar-refractivity contribution in [1.82, 2.24) is 10.3 Å². The number of benzene rings is 1. The number of para-hydroxylation sites is 1. The van der Waals surface area contributed by atoms with Gasteiger partial charge in [0.15, 0.2) is 11.4 Å². The molecule has 4 unspecified atom stereocenters. The first-order chi connectivity index (χ1) is 18.8. The maximum Gasteiger partial charge on any atom is 0.329 e. The molecule has 0 saturated carbocycles. The smallest absolute Gasteiger partial charge is 0.329 e. The number of aromatic nitrogens is 1. The van der Waals surface area contributed by atoms with Gasteiger partial charge in [-0.1, -0.05) is 38.0 Å². The standard InChI is InChI=1S/C29H38N2O8/c1-5-6-10-18-36-26-19(2)37-29(34)22(14-11-15-24(26)39-21-12-8-7-9-13-21)31-28(33)25-27(38-20(3)32)23(35-4)16-17-30-25/h7-9,12-13,16-17,19,22,24,26H,5-6,10-11,14-15,18H2,1-4H3,(H,31,33). The third-order valence-corrected chi connectivity index (χ3v) is 6.34. The summed E-state index contributed by atoms with van der Waals surface area (Å²) in [6.07, 6.45) is 4.31. The summed E-state index contributed by atoms with van der Waals surface area (Å²) in [5.41, 5.74) is -0.173. The number of cyclic esters (lactones) is 1. The number of ether oxygens (including phenoxy) is 5. The number of unbranched alkanes of at least 4 members (excludes halogenated alkanes) is 2. The molecule has 2 aromatic rings. The molecule has 2 heterocycles. The fourth-order valence-corrected chi connectivity index (χ4v) is 4.41. The zero-order valence-electron chi connectivity index (χ0n) is 23.0. The highest BCUT2D eigenvalue weighted by Crippen LogP contribution is 2.30. The van der Waals surface area contributed by atoms with Crippen molar-refractivity contribution in [3.63, 3.8) is 0 Å². The highest BCUT2D eigenvalue weighted by Gasteiger charge is 2.36. The van der Waals surface area contributed by atoms with Gasteiger partial charge in [-0.05, 0) is 44.7 Å². The summed E-state index contributed by atoms with van der Waals surface area (Å²) in [7, 11) is 1.38. The van der Waals surface area contributed by atoms with Gasteiger partial charge in [0.25, 0.3) is 5.91 Å². The molecule has 1 amide bonds. The maximum absolute atomic E-state index is 13.2. The lowest BCUT2D eigenvalue weighted by molar-refractivity contribution is -0.163. The minimum atomic E-state index is -0.950. The fraction of sp³-hybridized carbons (Fsp3) is 0.517. The highest BCUT2D eigenvalue weighted by molar-refractivity contribution is 5.98. The molecule has 1 N–H and O–H groups in total. The van der Waals surface area contributed by atoms with Crippen LogP contribution in [0.25, 0.3) is 0 Å². The van der Waals surface area contributed by atoms with Crippen molar-refractivity contribution in [1.29, 1.82) is 0 Å². The van der Waals surface area contributed by atoms with Crippen LogP contribution in [-0.4, -0.2) is 60.9 Å². The summed E-state index contributed by atoms with van der Waals surface area (Å²) in [6.45, 7) is 5.63. The van der Waals surface area contributed by atoms with Crippen molar-refractivity contribution in [3.05, 3.63) is 48.3 Å². The van der Waals surface area contributed by atoms with Crippen LogP contribution in [0.2, 0.25) is 0 Å². The molecule has 1 aliphatic rings. The van der Waals surface area contributed by atoms with Crippen molar-refractivity contribution in [3.8, 4) is 17.2 Å². The number of rotatable bonds is 11. The molecule has 10 heteroatoms. The Morgan fingerprint density at radius 3 is 2.59 bits per heavy atom. The van der Waals surface area contributed by atoms with E-state index in [1.54, 1.807) is 6.92 Å². The molecule has 0 radical (unpaired) electrons. The topological polar surface area (TPSA) is 122 Å². The van der Waals surface area contributed by atoms with E-state index in [1.807, 2.05) is 30.3 Å². The molecule has 1 aromatic carbocycles. The van der Waals surface area contributed by atoms with E-state index < -0.39 is 36.1 Å². The van der Waals surface area contributed by atoms with Crippen LogP contribution in [0.5, 0.6) is 17.2 Å². The van der Waals surface area contributed by atoms with Crippen LogP contribution in [0.3, 0.4) is 0 Å². The minimum absolute atomic E-state index is 0.119. The zero-order chi connectivity index (χ0) is 28.2. The van der Waals surface area contributed by atoms with Crippen LogP contribution < -0.4 is 19.5 Å². The summed E-state index contributed by atoms with van der Waals surface area (Å²) in [6, 6.07) is 9.98. The van der Waals surface area contributed by atoms with Gasteiger partial charge >= 0.3 is 11.9 Å². The first-order valence-electron chi connectivity index (χ1n) is 13.4. The normalized spacial score (nSPS) is 21.5. The number of methoxy groups -OCH3 is 1. The fourth-order valence-electron chi connectivity index (χ4n) is 4.41. The Hall–Kier alpha value is -3.66. The van der Waals surface area contributed by atoms with Crippen molar-refractivity contribution in [2.45, 2.75) is 83.6 Å². The molecule has 4 atom stereocenters. The number of carbonyl (C=O) groups excluding carboxylic acids is 3. The summed E-state index contributed by atoms with van der Waals surface area (Å²) in [4.78, 5) is 42.1. The number of pyridine rings is 1. The molecule has 1 aliphatic heterocycles. The molecule has 0 aliphatic carbocycles. The van der Waals surface area contributed by atoms with Crippen molar-refractivity contribution < 1.29 is 38.1 Å². The number of esters is 2. The SMILES string of the molecule is CCCCCOC1C(C)OC(=O)C(NC(=O)c2nccc(OC)c2OC(C)=O)CCCC1Oc1ccccc1. The first-order valence-corrected chi connectivity index (χ1v) is 13.4. The first kappa shape index (κ1) is 29.9. The third kappa shape index (κ3) is 8.68. The van der Waals surface area contributed by atoms with E-state index in [0.717, 1.165) is 19.3 Å². The minimum Gasteiger partial charge on any atom is -0.493 e. The number of nitrogens with one attached hydrogen (secondary N) is 1. The molecule has 39 heavy (non-hydrogen) atoms. The van der Waals surface area contributed by atoms with Crippen molar-refractivity contribution >= 4 is 17.8 Å². The zero-order valence-corrected chi connectivity index (χ0v) is 23.0. The van der Waals surface area contributed by atoms with Gasteiger partial charge in [0.1, 0.15) is 30.1 Å². The van der Waals surface area contributed by atoms with E-state index in [2.05, 4.69) is 17.2 Å². The maximum atomic E-state index is 13.2. The van der Waals surface area contributed by atoms with Crippen LogP contribution in [0.4, 0.5) is 0 Å². The van der Waals surface area contributed by atoms with Gasteiger partial charge in [0.2, 0.25) is 5.75 Å². The number of amides is 1. The number of hydrogen-bond acceptors (Lipinski definition) is 9. The van der Waals surface area contributed by atoms with Gasteiger partial charge in [-0.25, -0.2) is 9.78 Å². The lowest BCUT2D eigenvalue weighted by Gasteiger charge is -2.31. The quantitative estimate of drug-likeness (QED) is 0.328. The van der Waals surface area contributed by atoms with E-state index >= 15 is 0 Å². The lowest BCUT2D eigenvalue weighted by atomic mass is 10.0. The molecule has 10 nitrogen and oxygen atoms in total. The Morgan fingerprint density at radius 2 is 1.90 bits per heavy atom. The van der Waals surface area contributed by atoms with Gasteiger partial charge in [-0.15, -0.1) is 0 Å². The molecule has 0 bridgehead atoms. The monoisotopic (exact) mass is 542 g/mol. The predicted molar refractivity (Wildman–Crippen MR) is 143 cm³/mol. The van der Waals surface area contributed by atoms with Crippen LogP contribution in [-0.2, 0) is 19.1 Å². The highest BCUT2D eigenvalue weighted by atomic mass is 16.6. The van der Waals surface area contributed by atoms with Gasteiger partial charge in [0.05, 0.1) is 7.11 Å². The van der Waals surface area contributed by atoms with Crippen LogP contribution in [0, 0.1) is 0 Å². The Balaban J connectivity index is 1.79. The second-order valence-electron chi connectivity index (χ2n) is 9.40. The number of hydrogen-bond donors (Lipinski definition) is 1. The molecule has 212 valence electrons. The van der Waals surface area contributed by atoms with Crippen molar-refractivity contribution in [2.75, 3.05) is 13.7 Å². The lowest BCUT2D eigenvalue weighted by Crippen LogP contribution is -2.46. The molecule has 0 spiro atoms. The Kier molecular flexibility index (Phi) is 11.5. The van der Waals surface area contributed by atoms with Crippen LogP contribution >= 0.6 is 0 Å². The molecular weight excluding hydrogens is 504 g/mol. The number of nitrogens with zero attached hydrogens (tertiary/aromatic N) is 1. The molecule has 1 aromatic heterocycles. The Morgan fingerprint density at radius 1 is 1.13 bits per heavy atom. The van der Waals surface area contributed by atoms with E-state index in [0.29, 0.717) is 31.6 Å². The van der Waals surface area contributed by atoms with E-state index in [-0.39, 0.29) is 23.3 Å². The van der Waals surface area contributed by atoms with Gasteiger partial charge in [-0.2, -0.15) is 0 Å². The largest absolute Gasteiger partial charge is 0.493 e. The third-order valence-electron chi connectivity index (χ3n) is 6.34. The van der Waals surface area contributed by atoms with E-state index in [1.165, 1.54) is 26.3 Å². The Labute approximate surface area is 229 Å².